The molecule has 5 nitrogen and oxygen atoms in total. The number of benzene rings is 1. The van der Waals surface area contributed by atoms with Crippen molar-refractivity contribution in [3.63, 3.8) is 0 Å². The number of carbonyl (C=O) groups is 1. The molecule has 148 valence electrons. The first-order chi connectivity index (χ1) is 14.1. The van der Waals surface area contributed by atoms with Crippen molar-refractivity contribution in [2.24, 2.45) is 0 Å². The van der Waals surface area contributed by atoms with Gasteiger partial charge in [0.1, 0.15) is 0 Å². The molecule has 4 rings (SSSR count). The second-order valence-electron chi connectivity index (χ2n) is 7.79. The van der Waals surface area contributed by atoms with Crippen molar-refractivity contribution in [2.45, 2.75) is 38.0 Å². The van der Waals surface area contributed by atoms with Gasteiger partial charge in [-0.1, -0.05) is 25.0 Å². The Morgan fingerprint density at radius 2 is 1.69 bits per heavy atom. The molecular formula is C24H26N4O. The van der Waals surface area contributed by atoms with Crippen LogP contribution in [0.2, 0.25) is 0 Å². The molecule has 3 aromatic rings. The van der Waals surface area contributed by atoms with Crippen molar-refractivity contribution >= 4 is 11.7 Å². The highest BCUT2D eigenvalue weighted by Gasteiger charge is 2.35. The predicted octanol–water partition coefficient (Wildman–Crippen LogP) is 5.09. The second kappa shape index (κ2) is 8.43. The van der Waals surface area contributed by atoms with Crippen LogP contribution >= 0.6 is 0 Å². The molecule has 0 bridgehead atoms. The molecule has 1 saturated carbocycles. The Morgan fingerprint density at radius 3 is 2.38 bits per heavy atom. The van der Waals surface area contributed by atoms with Gasteiger partial charge in [-0.3, -0.25) is 9.97 Å². The van der Waals surface area contributed by atoms with Crippen molar-refractivity contribution in [1.82, 2.24) is 15.3 Å². The summed E-state index contributed by atoms with van der Waals surface area (Å²) in [5, 5.41) is 6.04. The van der Waals surface area contributed by atoms with Crippen LogP contribution in [0.5, 0.6) is 0 Å². The minimum Gasteiger partial charge on any atom is -0.337 e. The number of hydrogen-bond donors (Lipinski definition) is 2. The number of anilines is 1. The van der Waals surface area contributed by atoms with Crippen LogP contribution in [0.3, 0.4) is 0 Å². The molecule has 0 unspecified atom stereocenters. The molecule has 0 atom stereocenters. The zero-order valence-electron chi connectivity index (χ0n) is 16.7. The van der Waals surface area contributed by atoms with Crippen LogP contribution in [0.1, 0.15) is 36.9 Å². The molecule has 0 radical (unpaired) electrons. The standard InChI is InChI=1S/C24H26N4O/c1-18-16-20(8-15-26-18)19-4-6-22(7-5-19)28-23(29)27-17-24(11-2-3-12-24)21-9-13-25-14-10-21/h4-10,13-16H,2-3,11-12,17H2,1H3,(H2,27,28,29). The Bertz CT molecular complexity index is 964. The summed E-state index contributed by atoms with van der Waals surface area (Å²) in [6, 6.07) is 15.9. The maximum Gasteiger partial charge on any atom is 0.319 e. The number of pyridine rings is 2. The highest BCUT2D eigenvalue weighted by atomic mass is 16.2. The Morgan fingerprint density at radius 1 is 0.966 bits per heavy atom. The highest BCUT2D eigenvalue weighted by Crippen LogP contribution is 2.40. The topological polar surface area (TPSA) is 66.9 Å². The number of nitrogens with zero attached hydrogens (tertiary/aromatic N) is 2. The van der Waals surface area contributed by atoms with Crippen LogP contribution in [0.25, 0.3) is 11.1 Å². The number of hydrogen-bond acceptors (Lipinski definition) is 3. The Labute approximate surface area is 171 Å². The Kier molecular flexibility index (Phi) is 5.56. The number of nitrogens with one attached hydrogen (secondary N) is 2. The fraction of sp³-hybridized carbons (Fsp3) is 0.292. The van der Waals surface area contributed by atoms with Crippen molar-refractivity contribution in [2.75, 3.05) is 11.9 Å². The van der Waals surface area contributed by atoms with Crippen molar-refractivity contribution in [3.8, 4) is 11.1 Å². The fourth-order valence-electron chi connectivity index (χ4n) is 4.22. The van der Waals surface area contributed by atoms with Crippen molar-refractivity contribution in [3.05, 3.63) is 78.4 Å². The largest absolute Gasteiger partial charge is 0.337 e. The number of aryl methyl sites for hydroxylation is 1. The maximum absolute atomic E-state index is 12.5. The van der Waals surface area contributed by atoms with Crippen molar-refractivity contribution in [1.29, 1.82) is 0 Å². The summed E-state index contributed by atoms with van der Waals surface area (Å²) in [7, 11) is 0. The minimum atomic E-state index is -0.169. The molecule has 29 heavy (non-hydrogen) atoms. The molecule has 2 amide bonds. The van der Waals surface area contributed by atoms with Gasteiger partial charge in [-0.2, -0.15) is 0 Å². The van der Waals surface area contributed by atoms with Gasteiger partial charge >= 0.3 is 6.03 Å². The van der Waals surface area contributed by atoms with E-state index in [1.165, 1.54) is 18.4 Å². The summed E-state index contributed by atoms with van der Waals surface area (Å²) in [6.45, 7) is 2.62. The number of carbonyl (C=O) groups excluding carboxylic acids is 1. The molecule has 2 N–H and O–H groups in total. The van der Waals surface area contributed by atoms with E-state index >= 15 is 0 Å². The lowest BCUT2D eigenvalue weighted by Crippen LogP contribution is -2.40. The molecule has 5 heteroatoms. The van der Waals surface area contributed by atoms with E-state index in [2.05, 4.69) is 38.8 Å². The monoisotopic (exact) mass is 386 g/mol. The number of urea groups is 1. The molecular weight excluding hydrogens is 360 g/mol. The third kappa shape index (κ3) is 4.45. The average molecular weight is 386 g/mol. The summed E-state index contributed by atoms with van der Waals surface area (Å²) in [4.78, 5) is 20.9. The van der Waals surface area contributed by atoms with E-state index in [1.807, 2.05) is 55.8 Å². The Hall–Kier alpha value is -3.21. The molecule has 0 aliphatic heterocycles. The Balaban J connectivity index is 1.38. The van der Waals surface area contributed by atoms with Crippen LogP contribution in [-0.4, -0.2) is 22.5 Å². The minimum absolute atomic E-state index is 0.0172. The third-order valence-corrected chi connectivity index (χ3v) is 5.81. The number of amides is 2. The van der Waals surface area contributed by atoms with E-state index in [9.17, 15) is 4.79 Å². The summed E-state index contributed by atoms with van der Waals surface area (Å²) < 4.78 is 0. The third-order valence-electron chi connectivity index (χ3n) is 5.81. The van der Waals surface area contributed by atoms with Gasteiger partial charge in [-0.25, -0.2) is 4.79 Å². The lowest BCUT2D eigenvalue weighted by molar-refractivity contribution is 0.248. The lowest BCUT2D eigenvalue weighted by Gasteiger charge is -2.29. The summed E-state index contributed by atoms with van der Waals surface area (Å²) in [6.07, 6.45) is 10.1. The number of rotatable bonds is 5. The van der Waals surface area contributed by atoms with E-state index in [4.69, 9.17) is 0 Å². The van der Waals surface area contributed by atoms with Crippen LogP contribution < -0.4 is 10.6 Å². The maximum atomic E-state index is 12.5. The fourth-order valence-corrected chi connectivity index (χ4v) is 4.22. The second-order valence-corrected chi connectivity index (χ2v) is 7.79. The normalized spacial score (nSPS) is 15.1. The van der Waals surface area contributed by atoms with Gasteiger partial charge < -0.3 is 10.6 Å². The molecule has 1 aliphatic carbocycles. The van der Waals surface area contributed by atoms with Gasteiger partial charge in [0, 0.05) is 41.9 Å². The van der Waals surface area contributed by atoms with E-state index in [1.54, 1.807) is 0 Å². The van der Waals surface area contributed by atoms with E-state index in [0.29, 0.717) is 6.54 Å². The predicted molar refractivity (Wildman–Crippen MR) is 116 cm³/mol. The van der Waals surface area contributed by atoms with Crippen LogP contribution in [0.15, 0.2) is 67.1 Å². The molecule has 2 aromatic heterocycles. The van der Waals surface area contributed by atoms with Crippen molar-refractivity contribution < 1.29 is 4.79 Å². The first-order valence-electron chi connectivity index (χ1n) is 10.1. The van der Waals surface area contributed by atoms with Gasteiger partial charge in [0.05, 0.1) is 0 Å². The summed E-state index contributed by atoms with van der Waals surface area (Å²) in [5.41, 5.74) is 5.27. The summed E-state index contributed by atoms with van der Waals surface area (Å²) >= 11 is 0. The molecule has 1 fully saturated rings. The zero-order chi connectivity index (χ0) is 20.1. The summed E-state index contributed by atoms with van der Waals surface area (Å²) in [5.74, 6) is 0. The molecule has 2 heterocycles. The SMILES string of the molecule is Cc1cc(-c2ccc(NC(=O)NCC3(c4ccncc4)CCCC3)cc2)ccn1. The molecule has 1 aromatic carbocycles. The van der Waals surface area contributed by atoms with Gasteiger partial charge in [-0.05, 0) is 72.9 Å². The van der Waals surface area contributed by atoms with Gasteiger partial charge in [0.25, 0.3) is 0 Å². The molecule has 0 saturated heterocycles. The van der Waals surface area contributed by atoms with Crippen LogP contribution in [-0.2, 0) is 5.41 Å². The van der Waals surface area contributed by atoms with E-state index in [-0.39, 0.29) is 11.4 Å². The molecule has 1 aliphatic rings. The lowest BCUT2D eigenvalue weighted by atomic mass is 9.79. The van der Waals surface area contributed by atoms with Gasteiger partial charge in [-0.15, -0.1) is 0 Å². The van der Waals surface area contributed by atoms with Gasteiger partial charge in [0.15, 0.2) is 0 Å². The van der Waals surface area contributed by atoms with Crippen LogP contribution in [0, 0.1) is 6.92 Å². The average Bonchev–Trinajstić information content (AvgIpc) is 3.24. The first kappa shape index (κ1) is 19.1. The smallest absolute Gasteiger partial charge is 0.319 e. The van der Waals surface area contributed by atoms with Crippen LogP contribution in [0.4, 0.5) is 10.5 Å². The quantitative estimate of drug-likeness (QED) is 0.642. The first-order valence-corrected chi connectivity index (χ1v) is 10.1. The zero-order valence-corrected chi connectivity index (χ0v) is 16.7. The van der Waals surface area contributed by atoms with E-state index < -0.39 is 0 Å². The highest BCUT2D eigenvalue weighted by molar-refractivity contribution is 5.89. The molecule has 0 spiro atoms. The number of aromatic nitrogens is 2. The van der Waals surface area contributed by atoms with Gasteiger partial charge in [0.2, 0.25) is 0 Å². The van der Waals surface area contributed by atoms with E-state index in [0.717, 1.165) is 35.3 Å².